The molecule has 7 heteroatoms. The second-order valence-corrected chi connectivity index (χ2v) is 6.61. The predicted octanol–water partition coefficient (Wildman–Crippen LogP) is 3.72. The minimum absolute atomic E-state index is 0.0475. The van der Waals surface area contributed by atoms with E-state index in [9.17, 15) is 14.4 Å². The molecule has 2 aromatic rings. The maximum absolute atomic E-state index is 12.6. The summed E-state index contributed by atoms with van der Waals surface area (Å²) in [5.74, 6) is -0.974. The first-order valence-corrected chi connectivity index (χ1v) is 9.41. The van der Waals surface area contributed by atoms with Crippen molar-refractivity contribution < 1.29 is 23.9 Å². The molecule has 0 fully saturated rings. The standard InChI is InChI=1S/C22H26N2O5/c1-4-15(2)20(16-8-6-5-7-9-16)21(26)29-14-19(25)24-22(27)23-17-10-12-18(28-3)13-11-17/h5-13,15,20H,4,14H2,1-3H3,(H2,23,24,25,27). The van der Waals surface area contributed by atoms with Crippen molar-refractivity contribution in [3.05, 3.63) is 60.2 Å². The molecule has 0 radical (unpaired) electrons. The molecule has 0 aliphatic carbocycles. The van der Waals surface area contributed by atoms with E-state index >= 15 is 0 Å². The molecule has 29 heavy (non-hydrogen) atoms. The molecular weight excluding hydrogens is 372 g/mol. The average molecular weight is 398 g/mol. The van der Waals surface area contributed by atoms with E-state index in [4.69, 9.17) is 9.47 Å². The Morgan fingerprint density at radius 1 is 1.00 bits per heavy atom. The van der Waals surface area contributed by atoms with Gasteiger partial charge in [0, 0.05) is 5.69 Å². The lowest BCUT2D eigenvalue weighted by Gasteiger charge is -2.21. The maximum atomic E-state index is 12.6. The lowest BCUT2D eigenvalue weighted by atomic mass is 9.86. The van der Waals surface area contributed by atoms with Crippen molar-refractivity contribution in [1.29, 1.82) is 0 Å². The van der Waals surface area contributed by atoms with E-state index < -0.39 is 30.4 Å². The fourth-order valence-electron chi connectivity index (χ4n) is 2.82. The minimum Gasteiger partial charge on any atom is -0.497 e. The van der Waals surface area contributed by atoms with Crippen LogP contribution in [0.2, 0.25) is 0 Å². The number of hydrogen-bond donors (Lipinski definition) is 2. The van der Waals surface area contributed by atoms with Gasteiger partial charge in [-0.15, -0.1) is 0 Å². The Morgan fingerprint density at radius 3 is 2.24 bits per heavy atom. The molecule has 0 saturated carbocycles. The lowest BCUT2D eigenvalue weighted by molar-refractivity contribution is -0.151. The number of imide groups is 1. The van der Waals surface area contributed by atoms with Gasteiger partial charge in [-0.25, -0.2) is 4.79 Å². The van der Waals surface area contributed by atoms with Gasteiger partial charge in [0.05, 0.1) is 13.0 Å². The van der Waals surface area contributed by atoms with Crippen molar-refractivity contribution >= 4 is 23.6 Å². The molecule has 2 N–H and O–H groups in total. The molecule has 7 nitrogen and oxygen atoms in total. The van der Waals surface area contributed by atoms with Crippen molar-refractivity contribution in [3.8, 4) is 5.75 Å². The van der Waals surface area contributed by atoms with Crippen LogP contribution < -0.4 is 15.4 Å². The summed E-state index contributed by atoms with van der Waals surface area (Å²) in [5, 5.41) is 4.66. The zero-order chi connectivity index (χ0) is 21.2. The van der Waals surface area contributed by atoms with E-state index in [-0.39, 0.29) is 5.92 Å². The quantitative estimate of drug-likeness (QED) is 0.661. The Labute approximate surface area is 170 Å². The van der Waals surface area contributed by atoms with E-state index in [0.29, 0.717) is 11.4 Å². The lowest BCUT2D eigenvalue weighted by Crippen LogP contribution is -2.37. The van der Waals surface area contributed by atoms with Crippen molar-refractivity contribution in [3.63, 3.8) is 0 Å². The summed E-state index contributed by atoms with van der Waals surface area (Å²) < 4.78 is 10.2. The van der Waals surface area contributed by atoms with Gasteiger partial charge in [0.25, 0.3) is 5.91 Å². The Hall–Kier alpha value is -3.35. The van der Waals surface area contributed by atoms with Gasteiger partial charge in [0.1, 0.15) is 5.75 Å². The molecule has 2 atom stereocenters. The number of methoxy groups -OCH3 is 1. The first-order valence-electron chi connectivity index (χ1n) is 9.41. The molecule has 3 amide bonds. The molecule has 0 saturated heterocycles. The van der Waals surface area contributed by atoms with Crippen LogP contribution in [0.15, 0.2) is 54.6 Å². The van der Waals surface area contributed by atoms with Gasteiger partial charge in [-0.05, 0) is 35.7 Å². The fraction of sp³-hybridized carbons (Fsp3) is 0.318. The summed E-state index contributed by atoms with van der Waals surface area (Å²) >= 11 is 0. The Kier molecular flexibility index (Phi) is 8.21. The summed E-state index contributed by atoms with van der Waals surface area (Å²) in [6.45, 7) is 3.42. The van der Waals surface area contributed by atoms with Crippen LogP contribution in [0.1, 0.15) is 31.7 Å². The van der Waals surface area contributed by atoms with Crippen LogP contribution in [0.25, 0.3) is 0 Å². The van der Waals surface area contributed by atoms with Gasteiger partial charge < -0.3 is 14.8 Å². The van der Waals surface area contributed by atoms with Crippen LogP contribution >= 0.6 is 0 Å². The van der Waals surface area contributed by atoms with Crippen LogP contribution in [0, 0.1) is 5.92 Å². The summed E-state index contributed by atoms with van der Waals surface area (Å²) in [6, 6.07) is 15.2. The highest BCUT2D eigenvalue weighted by molar-refractivity contribution is 6.02. The highest BCUT2D eigenvalue weighted by Gasteiger charge is 2.27. The molecule has 0 aliphatic heterocycles. The Bertz CT molecular complexity index is 821. The highest BCUT2D eigenvalue weighted by Crippen LogP contribution is 2.28. The Morgan fingerprint density at radius 2 is 1.66 bits per heavy atom. The van der Waals surface area contributed by atoms with Gasteiger partial charge in [0.2, 0.25) is 0 Å². The van der Waals surface area contributed by atoms with E-state index in [1.54, 1.807) is 31.4 Å². The highest BCUT2D eigenvalue weighted by atomic mass is 16.5. The summed E-state index contributed by atoms with van der Waals surface area (Å²) in [5.41, 5.74) is 1.33. The van der Waals surface area contributed by atoms with Crippen molar-refractivity contribution in [2.75, 3.05) is 19.0 Å². The summed E-state index contributed by atoms with van der Waals surface area (Å²) in [4.78, 5) is 36.5. The van der Waals surface area contributed by atoms with E-state index in [0.717, 1.165) is 12.0 Å². The van der Waals surface area contributed by atoms with Gasteiger partial charge in [-0.2, -0.15) is 0 Å². The van der Waals surface area contributed by atoms with Crippen LogP contribution in [0.5, 0.6) is 5.75 Å². The molecule has 2 unspecified atom stereocenters. The number of carbonyl (C=O) groups excluding carboxylic acids is 3. The van der Waals surface area contributed by atoms with E-state index in [1.165, 1.54) is 0 Å². The maximum Gasteiger partial charge on any atom is 0.325 e. The van der Waals surface area contributed by atoms with Crippen molar-refractivity contribution in [2.45, 2.75) is 26.2 Å². The number of hydrogen-bond acceptors (Lipinski definition) is 5. The Balaban J connectivity index is 1.87. The minimum atomic E-state index is -0.710. The van der Waals surface area contributed by atoms with Crippen LogP contribution in [-0.2, 0) is 14.3 Å². The molecule has 0 heterocycles. The van der Waals surface area contributed by atoms with Gasteiger partial charge in [0.15, 0.2) is 6.61 Å². The molecule has 0 aromatic heterocycles. The molecule has 2 aromatic carbocycles. The zero-order valence-electron chi connectivity index (χ0n) is 16.8. The monoisotopic (exact) mass is 398 g/mol. The predicted molar refractivity (Wildman–Crippen MR) is 110 cm³/mol. The van der Waals surface area contributed by atoms with E-state index in [2.05, 4.69) is 10.6 Å². The van der Waals surface area contributed by atoms with Crippen LogP contribution in [0.4, 0.5) is 10.5 Å². The third-order valence-electron chi connectivity index (χ3n) is 4.57. The van der Waals surface area contributed by atoms with Crippen LogP contribution in [-0.4, -0.2) is 31.6 Å². The third kappa shape index (κ3) is 6.64. The van der Waals surface area contributed by atoms with Gasteiger partial charge in [-0.1, -0.05) is 50.6 Å². The molecule has 0 aliphatic rings. The fourth-order valence-corrected chi connectivity index (χ4v) is 2.82. The third-order valence-corrected chi connectivity index (χ3v) is 4.57. The molecule has 0 spiro atoms. The first kappa shape index (κ1) is 21.9. The first-order chi connectivity index (χ1) is 13.9. The van der Waals surface area contributed by atoms with Gasteiger partial charge in [-0.3, -0.25) is 14.9 Å². The smallest absolute Gasteiger partial charge is 0.325 e. The number of urea groups is 1. The number of benzene rings is 2. The van der Waals surface area contributed by atoms with Gasteiger partial charge >= 0.3 is 12.0 Å². The molecule has 0 bridgehead atoms. The number of ether oxygens (including phenoxy) is 2. The second kappa shape index (κ2) is 10.8. The number of anilines is 1. The molecule has 154 valence electrons. The molecule has 2 rings (SSSR count). The summed E-state index contributed by atoms with van der Waals surface area (Å²) in [7, 11) is 1.54. The number of nitrogens with one attached hydrogen (secondary N) is 2. The SMILES string of the molecule is CCC(C)C(C(=O)OCC(=O)NC(=O)Nc1ccc(OC)cc1)c1ccccc1. The topological polar surface area (TPSA) is 93.7 Å². The van der Waals surface area contributed by atoms with Crippen molar-refractivity contribution in [2.24, 2.45) is 5.92 Å². The number of esters is 1. The summed E-state index contributed by atoms with van der Waals surface area (Å²) in [6.07, 6.45) is 0.783. The number of amides is 3. The second-order valence-electron chi connectivity index (χ2n) is 6.61. The molecular formula is C22H26N2O5. The zero-order valence-corrected chi connectivity index (χ0v) is 16.8. The average Bonchev–Trinajstić information content (AvgIpc) is 2.73. The number of rotatable bonds is 8. The normalized spacial score (nSPS) is 12.4. The number of carbonyl (C=O) groups is 3. The van der Waals surface area contributed by atoms with Crippen molar-refractivity contribution in [1.82, 2.24) is 5.32 Å². The van der Waals surface area contributed by atoms with E-state index in [1.807, 2.05) is 44.2 Å². The van der Waals surface area contributed by atoms with Crippen LogP contribution in [0.3, 0.4) is 0 Å². The largest absolute Gasteiger partial charge is 0.497 e.